The van der Waals surface area contributed by atoms with E-state index in [-0.39, 0.29) is 0 Å². The first-order valence-electron chi connectivity index (χ1n) is 3.85. The van der Waals surface area contributed by atoms with Crippen molar-refractivity contribution in [3.63, 3.8) is 0 Å². The van der Waals surface area contributed by atoms with Crippen LogP contribution in [0.15, 0.2) is 18.2 Å². The van der Waals surface area contributed by atoms with Crippen molar-refractivity contribution in [2.24, 2.45) is 0 Å². The molecule has 0 spiro atoms. The highest BCUT2D eigenvalue weighted by molar-refractivity contribution is 14.1. The Labute approximate surface area is 93.9 Å². The molecule has 1 aromatic heterocycles. The number of hydrogen-bond acceptors (Lipinski definition) is 2. The number of rotatable bonds is 1. The molecule has 0 unspecified atom stereocenters. The molecule has 0 radical (unpaired) electrons. The fourth-order valence-electron chi connectivity index (χ4n) is 1.31. The first kappa shape index (κ1) is 9.15. The van der Waals surface area contributed by atoms with E-state index in [1.165, 1.54) is 15.0 Å². The van der Waals surface area contributed by atoms with E-state index in [1.54, 1.807) is 11.3 Å². The summed E-state index contributed by atoms with van der Waals surface area (Å²) in [6.07, 6.45) is 0.899. The lowest BCUT2D eigenvalue weighted by molar-refractivity contribution is 0.112. The highest BCUT2D eigenvalue weighted by atomic mass is 127. The lowest BCUT2D eigenvalue weighted by Gasteiger charge is -1.95. The molecule has 2 rings (SSSR count). The van der Waals surface area contributed by atoms with Gasteiger partial charge in [0.15, 0.2) is 0 Å². The van der Waals surface area contributed by atoms with Gasteiger partial charge in [-0.25, -0.2) is 0 Å². The van der Waals surface area contributed by atoms with Gasteiger partial charge >= 0.3 is 0 Å². The Morgan fingerprint density at radius 3 is 2.85 bits per heavy atom. The monoisotopic (exact) mass is 302 g/mol. The minimum Gasteiger partial charge on any atom is -0.298 e. The van der Waals surface area contributed by atoms with Crippen LogP contribution in [0.2, 0.25) is 0 Å². The topological polar surface area (TPSA) is 17.1 Å². The molecule has 0 saturated heterocycles. The van der Waals surface area contributed by atoms with Crippen molar-refractivity contribution >= 4 is 50.3 Å². The van der Waals surface area contributed by atoms with Crippen molar-refractivity contribution in [1.29, 1.82) is 0 Å². The molecule has 0 fully saturated rings. The molecule has 0 saturated carbocycles. The van der Waals surface area contributed by atoms with E-state index >= 15 is 0 Å². The van der Waals surface area contributed by atoms with Crippen LogP contribution < -0.4 is 0 Å². The van der Waals surface area contributed by atoms with Crippen LogP contribution in [-0.4, -0.2) is 6.29 Å². The summed E-state index contributed by atoms with van der Waals surface area (Å²) in [5.41, 5.74) is 0.763. The molecular formula is C10H7IOS. The minimum atomic E-state index is 0.763. The molecule has 3 heteroatoms. The molecule has 1 nitrogen and oxygen atoms in total. The SMILES string of the molecule is Cc1cc2c(I)cc(C=O)cc2s1. The van der Waals surface area contributed by atoms with E-state index in [2.05, 4.69) is 35.6 Å². The summed E-state index contributed by atoms with van der Waals surface area (Å²) in [5.74, 6) is 0. The van der Waals surface area contributed by atoms with Gasteiger partial charge in [-0.15, -0.1) is 11.3 Å². The zero-order valence-corrected chi connectivity index (χ0v) is 9.98. The van der Waals surface area contributed by atoms with E-state index in [1.807, 2.05) is 12.1 Å². The number of fused-ring (bicyclic) bond motifs is 1. The van der Waals surface area contributed by atoms with E-state index in [0.29, 0.717) is 0 Å². The van der Waals surface area contributed by atoms with Crippen LogP contribution in [0.5, 0.6) is 0 Å². The number of carbonyl (C=O) groups excluding carboxylic acids is 1. The molecule has 66 valence electrons. The molecule has 13 heavy (non-hydrogen) atoms. The van der Waals surface area contributed by atoms with Gasteiger partial charge in [-0.1, -0.05) is 0 Å². The largest absolute Gasteiger partial charge is 0.298 e. The molecule has 0 amide bonds. The summed E-state index contributed by atoms with van der Waals surface area (Å²) in [5, 5.41) is 1.26. The maximum atomic E-state index is 10.6. The summed E-state index contributed by atoms with van der Waals surface area (Å²) in [4.78, 5) is 11.9. The summed E-state index contributed by atoms with van der Waals surface area (Å²) in [6.45, 7) is 2.08. The fraction of sp³-hybridized carbons (Fsp3) is 0.100. The molecule has 0 bridgehead atoms. The third kappa shape index (κ3) is 1.62. The Kier molecular flexibility index (Phi) is 2.38. The second-order valence-electron chi connectivity index (χ2n) is 2.89. The number of aldehydes is 1. The van der Waals surface area contributed by atoms with Crippen LogP contribution in [0.4, 0.5) is 0 Å². The van der Waals surface area contributed by atoms with Gasteiger partial charge in [0.25, 0.3) is 0 Å². The maximum Gasteiger partial charge on any atom is 0.150 e. The number of carbonyl (C=O) groups is 1. The quantitative estimate of drug-likeness (QED) is 0.581. The van der Waals surface area contributed by atoms with Gasteiger partial charge in [-0.05, 0) is 47.7 Å². The Hall–Kier alpha value is -0.420. The number of thiophene rings is 1. The van der Waals surface area contributed by atoms with Gasteiger partial charge in [-0.2, -0.15) is 0 Å². The van der Waals surface area contributed by atoms with Gasteiger partial charge in [0.1, 0.15) is 6.29 Å². The van der Waals surface area contributed by atoms with Crippen LogP contribution in [0.25, 0.3) is 10.1 Å². The van der Waals surface area contributed by atoms with Crippen molar-refractivity contribution in [3.8, 4) is 0 Å². The van der Waals surface area contributed by atoms with Gasteiger partial charge in [0, 0.05) is 24.1 Å². The molecule has 0 N–H and O–H groups in total. The standard InChI is InChI=1S/C10H7IOS/c1-6-2-8-9(11)3-7(5-12)4-10(8)13-6/h2-5H,1H3. The van der Waals surface area contributed by atoms with Crippen LogP contribution in [0, 0.1) is 10.5 Å². The second-order valence-corrected chi connectivity index (χ2v) is 5.34. The van der Waals surface area contributed by atoms with Gasteiger partial charge in [0.05, 0.1) is 0 Å². The second kappa shape index (κ2) is 3.38. The molecule has 1 heterocycles. The average Bonchev–Trinajstić information content (AvgIpc) is 2.46. The zero-order chi connectivity index (χ0) is 9.42. The third-order valence-corrected chi connectivity index (χ3v) is 3.76. The predicted molar refractivity (Wildman–Crippen MR) is 64.7 cm³/mol. The number of hydrogen-bond donors (Lipinski definition) is 0. The summed E-state index contributed by atoms with van der Waals surface area (Å²) < 4.78 is 2.35. The van der Waals surface area contributed by atoms with Crippen LogP contribution in [0.3, 0.4) is 0 Å². The van der Waals surface area contributed by atoms with Crippen molar-refractivity contribution in [3.05, 3.63) is 32.2 Å². The van der Waals surface area contributed by atoms with Crippen LogP contribution in [-0.2, 0) is 0 Å². The lowest BCUT2D eigenvalue weighted by atomic mass is 10.2. The normalized spacial score (nSPS) is 10.6. The molecule has 0 aliphatic heterocycles. The summed E-state index contributed by atoms with van der Waals surface area (Å²) >= 11 is 4.00. The minimum absolute atomic E-state index is 0.763. The number of aryl methyl sites for hydroxylation is 1. The molecule has 2 aromatic rings. The summed E-state index contributed by atoms with van der Waals surface area (Å²) in [7, 11) is 0. The molecule has 0 aliphatic rings. The van der Waals surface area contributed by atoms with Crippen molar-refractivity contribution in [2.45, 2.75) is 6.92 Å². The number of halogens is 1. The first-order valence-corrected chi connectivity index (χ1v) is 5.75. The Morgan fingerprint density at radius 2 is 2.15 bits per heavy atom. The zero-order valence-electron chi connectivity index (χ0n) is 7.00. The third-order valence-electron chi connectivity index (χ3n) is 1.87. The fourth-order valence-corrected chi connectivity index (χ4v) is 3.30. The molecule has 0 atom stereocenters. The van der Waals surface area contributed by atoms with Gasteiger partial charge < -0.3 is 0 Å². The highest BCUT2D eigenvalue weighted by Crippen LogP contribution is 2.29. The van der Waals surface area contributed by atoms with E-state index in [0.717, 1.165) is 15.4 Å². The van der Waals surface area contributed by atoms with Crippen molar-refractivity contribution in [2.75, 3.05) is 0 Å². The maximum absolute atomic E-state index is 10.6. The van der Waals surface area contributed by atoms with Crippen molar-refractivity contribution < 1.29 is 4.79 Å². The summed E-state index contributed by atoms with van der Waals surface area (Å²) in [6, 6.07) is 6.03. The van der Waals surface area contributed by atoms with Crippen molar-refractivity contribution in [1.82, 2.24) is 0 Å². The average molecular weight is 302 g/mol. The van der Waals surface area contributed by atoms with E-state index in [4.69, 9.17) is 0 Å². The Morgan fingerprint density at radius 1 is 1.38 bits per heavy atom. The first-order chi connectivity index (χ1) is 6.20. The van der Waals surface area contributed by atoms with Gasteiger partial charge in [-0.3, -0.25) is 4.79 Å². The predicted octanol–water partition coefficient (Wildman–Crippen LogP) is 3.63. The van der Waals surface area contributed by atoms with Crippen LogP contribution >= 0.6 is 33.9 Å². The molecule has 1 aromatic carbocycles. The van der Waals surface area contributed by atoms with E-state index < -0.39 is 0 Å². The lowest BCUT2D eigenvalue weighted by Crippen LogP contribution is -1.80. The smallest absolute Gasteiger partial charge is 0.150 e. The Balaban J connectivity index is 2.82. The highest BCUT2D eigenvalue weighted by Gasteiger charge is 2.04. The van der Waals surface area contributed by atoms with Crippen LogP contribution in [0.1, 0.15) is 15.2 Å². The molecule has 0 aliphatic carbocycles. The van der Waals surface area contributed by atoms with E-state index in [9.17, 15) is 4.79 Å². The number of benzene rings is 1. The Bertz CT molecular complexity index is 473. The molecular weight excluding hydrogens is 295 g/mol. The van der Waals surface area contributed by atoms with Gasteiger partial charge in [0.2, 0.25) is 0 Å².